The Morgan fingerprint density at radius 1 is 1.28 bits per heavy atom. The molecule has 2 unspecified atom stereocenters. The summed E-state index contributed by atoms with van der Waals surface area (Å²) in [6.07, 6.45) is 2.07. The number of allylic oxidation sites excluding steroid dienone is 4. The van der Waals surface area contributed by atoms with Gasteiger partial charge in [-0.25, -0.2) is 4.39 Å². The van der Waals surface area contributed by atoms with Crippen molar-refractivity contribution >= 4 is 5.91 Å². The second-order valence-electron chi connectivity index (χ2n) is 7.43. The lowest BCUT2D eigenvalue weighted by Crippen LogP contribution is -2.27. The standard InChI is InChI=1S/C22H28FNO/c1-7-17(14(2)3)18(13-15(4)23)24-21(25)20-19(22(20,5)6)16-11-9-8-10-12-16/h8-13,19-20H,2,7H2,1,3-6H3,(H,24,25). The van der Waals surface area contributed by atoms with Crippen molar-refractivity contribution in [1.82, 2.24) is 5.32 Å². The summed E-state index contributed by atoms with van der Waals surface area (Å²) in [7, 11) is 0. The SMILES string of the molecule is C=C(C)C(CC)=C(C=C(C)F)NC(=O)C1C(c2ccccc2)C1(C)C. The Bertz CT molecular complexity index is 724. The molecule has 0 radical (unpaired) electrons. The molecule has 0 saturated heterocycles. The van der Waals surface area contributed by atoms with Gasteiger partial charge in [-0.15, -0.1) is 0 Å². The van der Waals surface area contributed by atoms with Crippen LogP contribution in [0.2, 0.25) is 0 Å². The summed E-state index contributed by atoms with van der Waals surface area (Å²) < 4.78 is 13.5. The van der Waals surface area contributed by atoms with E-state index in [4.69, 9.17) is 0 Å². The molecule has 25 heavy (non-hydrogen) atoms. The molecule has 0 aliphatic heterocycles. The molecule has 1 aliphatic rings. The van der Waals surface area contributed by atoms with Gasteiger partial charge in [0.2, 0.25) is 5.91 Å². The average molecular weight is 341 g/mol. The first-order chi connectivity index (χ1) is 11.7. The second kappa shape index (κ2) is 7.38. The molecule has 0 spiro atoms. The third-order valence-corrected chi connectivity index (χ3v) is 5.06. The van der Waals surface area contributed by atoms with Crippen molar-refractivity contribution in [3.05, 3.63) is 71.2 Å². The van der Waals surface area contributed by atoms with Crippen molar-refractivity contribution in [1.29, 1.82) is 0 Å². The van der Waals surface area contributed by atoms with Crippen molar-refractivity contribution in [3.8, 4) is 0 Å². The fraction of sp³-hybridized carbons (Fsp3) is 0.409. The van der Waals surface area contributed by atoms with Gasteiger partial charge in [-0.2, -0.15) is 0 Å². The number of nitrogens with one attached hydrogen (secondary N) is 1. The number of benzene rings is 1. The van der Waals surface area contributed by atoms with Crippen LogP contribution in [0.15, 0.2) is 65.7 Å². The molecule has 1 aromatic rings. The lowest BCUT2D eigenvalue weighted by Gasteiger charge is -2.13. The zero-order valence-electron chi connectivity index (χ0n) is 15.8. The van der Waals surface area contributed by atoms with Crippen LogP contribution in [-0.4, -0.2) is 5.91 Å². The van der Waals surface area contributed by atoms with E-state index in [2.05, 4.69) is 37.9 Å². The summed E-state index contributed by atoms with van der Waals surface area (Å²) in [5.41, 5.74) is 3.30. The van der Waals surface area contributed by atoms with Crippen LogP contribution in [0.5, 0.6) is 0 Å². The molecule has 0 aromatic heterocycles. The summed E-state index contributed by atoms with van der Waals surface area (Å²) in [6, 6.07) is 10.1. The number of amides is 1. The molecule has 1 saturated carbocycles. The van der Waals surface area contributed by atoms with E-state index in [1.54, 1.807) is 0 Å². The van der Waals surface area contributed by atoms with Crippen LogP contribution in [0.25, 0.3) is 0 Å². The van der Waals surface area contributed by atoms with Gasteiger partial charge in [-0.1, -0.05) is 63.3 Å². The monoisotopic (exact) mass is 341 g/mol. The lowest BCUT2D eigenvalue weighted by molar-refractivity contribution is -0.122. The van der Waals surface area contributed by atoms with Crippen molar-refractivity contribution in [2.45, 2.75) is 47.0 Å². The maximum Gasteiger partial charge on any atom is 0.228 e. The third-order valence-electron chi connectivity index (χ3n) is 5.06. The first kappa shape index (κ1) is 19.2. The molecule has 1 aliphatic carbocycles. The topological polar surface area (TPSA) is 29.1 Å². The molecular formula is C22H28FNO. The maximum atomic E-state index is 13.5. The summed E-state index contributed by atoms with van der Waals surface area (Å²) in [4.78, 5) is 12.9. The quantitative estimate of drug-likeness (QED) is 0.665. The number of halogens is 1. The third kappa shape index (κ3) is 4.09. The van der Waals surface area contributed by atoms with Gasteiger partial charge in [0, 0.05) is 11.6 Å². The molecule has 3 heteroatoms. The van der Waals surface area contributed by atoms with Gasteiger partial charge >= 0.3 is 0 Å². The van der Waals surface area contributed by atoms with Crippen molar-refractivity contribution < 1.29 is 9.18 Å². The molecule has 1 N–H and O–H groups in total. The molecular weight excluding hydrogens is 313 g/mol. The minimum Gasteiger partial charge on any atom is -0.325 e. The number of hydrogen-bond acceptors (Lipinski definition) is 1. The van der Waals surface area contributed by atoms with Gasteiger partial charge in [0.15, 0.2) is 0 Å². The van der Waals surface area contributed by atoms with E-state index >= 15 is 0 Å². The normalized spacial score (nSPS) is 22.9. The zero-order chi connectivity index (χ0) is 18.8. The molecule has 1 fully saturated rings. The highest BCUT2D eigenvalue weighted by molar-refractivity contribution is 5.86. The van der Waals surface area contributed by atoms with E-state index in [0.29, 0.717) is 12.1 Å². The van der Waals surface area contributed by atoms with Gasteiger partial charge < -0.3 is 5.32 Å². The van der Waals surface area contributed by atoms with E-state index < -0.39 is 0 Å². The number of hydrogen-bond donors (Lipinski definition) is 1. The van der Waals surface area contributed by atoms with E-state index in [-0.39, 0.29) is 29.0 Å². The Morgan fingerprint density at radius 3 is 2.36 bits per heavy atom. The Hall–Kier alpha value is -2.16. The lowest BCUT2D eigenvalue weighted by atomic mass is 10.0. The van der Waals surface area contributed by atoms with Crippen LogP contribution >= 0.6 is 0 Å². The number of rotatable bonds is 6. The van der Waals surface area contributed by atoms with Gasteiger partial charge in [0.25, 0.3) is 0 Å². The Labute approximate surface area is 150 Å². The summed E-state index contributed by atoms with van der Waals surface area (Å²) in [5, 5.41) is 2.96. The summed E-state index contributed by atoms with van der Waals surface area (Å²) >= 11 is 0. The smallest absolute Gasteiger partial charge is 0.228 e. The summed E-state index contributed by atoms with van der Waals surface area (Å²) in [5.74, 6) is -0.336. The number of carbonyl (C=O) groups excluding carboxylic acids is 1. The van der Waals surface area contributed by atoms with Crippen molar-refractivity contribution in [2.24, 2.45) is 11.3 Å². The number of carbonyl (C=O) groups is 1. The average Bonchev–Trinajstić information content (AvgIpc) is 3.10. The van der Waals surface area contributed by atoms with Crippen LogP contribution in [-0.2, 0) is 4.79 Å². The highest BCUT2D eigenvalue weighted by Crippen LogP contribution is 2.64. The fourth-order valence-electron chi connectivity index (χ4n) is 3.74. The fourth-order valence-corrected chi connectivity index (χ4v) is 3.74. The van der Waals surface area contributed by atoms with Gasteiger partial charge in [-0.3, -0.25) is 4.79 Å². The maximum absolute atomic E-state index is 13.5. The molecule has 2 nitrogen and oxygen atoms in total. The molecule has 134 valence electrons. The van der Waals surface area contributed by atoms with Gasteiger partial charge in [0.1, 0.15) is 0 Å². The largest absolute Gasteiger partial charge is 0.325 e. The van der Waals surface area contributed by atoms with E-state index in [9.17, 15) is 9.18 Å². The van der Waals surface area contributed by atoms with Crippen LogP contribution in [0.4, 0.5) is 4.39 Å². The zero-order valence-corrected chi connectivity index (χ0v) is 15.8. The molecule has 2 rings (SSSR count). The highest BCUT2D eigenvalue weighted by Gasteiger charge is 2.62. The molecule has 0 heterocycles. The van der Waals surface area contributed by atoms with Gasteiger partial charge in [-0.05, 0) is 42.9 Å². The van der Waals surface area contributed by atoms with E-state index in [0.717, 1.165) is 11.1 Å². The predicted octanol–water partition coefficient (Wildman–Crippen LogP) is 5.66. The second-order valence-corrected chi connectivity index (χ2v) is 7.43. The van der Waals surface area contributed by atoms with E-state index in [1.807, 2.05) is 32.0 Å². The molecule has 2 atom stereocenters. The van der Waals surface area contributed by atoms with Gasteiger partial charge in [0.05, 0.1) is 11.7 Å². The van der Waals surface area contributed by atoms with Crippen molar-refractivity contribution in [2.75, 3.05) is 0 Å². The first-order valence-corrected chi connectivity index (χ1v) is 8.78. The molecule has 1 aromatic carbocycles. The highest BCUT2D eigenvalue weighted by atomic mass is 19.1. The minimum absolute atomic E-state index is 0.0569. The van der Waals surface area contributed by atoms with Crippen LogP contribution in [0.1, 0.15) is 52.5 Å². The Kier molecular flexibility index (Phi) is 5.66. The Morgan fingerprint density at radius 2 is 1.88 bits per heavy atom. The molecule has 1 amide bonds. The van der Waals surface area contributed by atoms with Crippen LogP contribution in [0, 0.1) is 11.3 Å². The minimum atomic E-state index is -0.336. The van der Waals surface area contributed by atoms with Crippen molar-refractivity contribution in [3.63, 3.8) is 0 Å². The van der Waals surface area contributed by atoms with Crippen LogP contribution in [0.3, 0.4) is 0 Å². The molecule has 0 bridgehead atoms. The predicted molar refractivity (Wildman–Crippen MR) is 102 cm³/mol. The Balaban J connectivity index is 2.28. The van der Waals surface area contributed by atoms with Crippen LogP contribution < -0.4 is 5.32 Å². The van der Waals surface area contributed by atoms with E-state index in [1.165, 1.54) is 18.6 Å². The first-order valence-electron chi connectivity index (χ1n) is 8.78. The summed E-state index contributed by atoms with van der Waals surface area (Å²) in [6.45, 7) is 13.4.